The summed E-state index contributed by atoms with van der Waals surface area (Å²) in [5, 5.41) is 0. The minimum Gasteiger partial charge on any atom is -0.462 e. The number of ether oxygens (including phenoxy) is 2. The summed E-state index contributed by atoms with van der Waals surface area (Å²) in [6, 6.07) is 0. The number of esters is 2. The average Bonchev–Trinajstić information content (AvgIpc) is 3.56. The first-order chi connectivity index (χ1) is 43.0. The summed E-state index contributed by atoms with van der Waals surface area (Å²) >= 11 is 0. The molecule has 0 aliphatic carbocycles. The van der Waals surface area contributed by atoms with Crippen molar-refractivity contribution in [2.75, 3.05) is 47.5 Å². The van der Waals surface area contributed by atoms with Crippen LogP contribution in [0.15, 0.2) is 72.9 Å². The Kier molecular flexibility index (Phi) is 66.8. The van der Waals surface area contributed by atoms with E-state index in [-0.39, 0.29) is 32.0 Å². The van der Waals surface area contributed by atoms with E-state index in [1.54, 1.807) is 0 Å². The Bertz CT molecular complexity index is 1710. The molecule has 514 valence electrons. The molecule has 0 saturated heterocycles. The van der Waals surface area contributed by atoms with Crippen LogP contribution in [0, 0.1) is 0 Å². The molecule has 0 aliphatic heterocycles. The lowest BCUT2D eigenvalue weighted by Gasteiger charge is -2.24. The van der Waals surface area contributed by atoms with Gasteiger partial charge in [-0.2, -0.15) is 0 Å². The SMILES string of the molecule is CCCCCCC/C=C\C/C=C\C/C=C\CCCCCCCCCCCCCCCCCCCCC(=O)OC(COC(=O)CCCCCCCCCCCCCCCCCC/C=C\C/C=C\C/C=C\CCCCCCC)COP(=O)(O)OCC[N+](C)(C)C. The topological polar surface area (TPSA) is 108 Å². The highest BCUT2D eigenvalue weighted by Gasteiger charge is 2.27. The van der Waals surface area contributed by atoms with Gasteiger partial charge in [0.25, 0.3) is 0 Å². The molecule has 0 spiro atoms. The summed E-state index contributed by atoms with van der Waals surface area (Å²) in [7, 11) is 1.49. The molecular formula is C78H145NO8P+. The Morgan fingerprint density at radius 3 is 0.909 bits per heavy atom. The smallest absolute Gasteiger partial charge is 0.462 e. The van der Waals surface area contributed by atoms with Gasteiger partial charge in [-0.3, -0.25) is 18.6 Å². The average molecular weight is 1260 g/mol. The van der Waals surface area contributed by atoms with E-state index in [1.165, 1.54) is 270 Å². The van der Waals surface area contributed by atoms with E-state index in [1.807, 2.05) is 21.1 Å². The highest BCUT2D eigenvalue weighted by atomic mass is 31.2. The second kappa shape index (κ2) is 68.8. The highest BCUT2D eigenvalue weighted by Crippen LogP contribution is 2.43. The summed E-state index contributed by atoms with van der Waals surface area (Å²) < 4.78 is 34.8. The van der Waals surface area contributed by atoms with E-state index in [9.17, 15) is 19.0 Å². The van der Waals surface area contributed by atoms with Gasteiger partial charge in [0.1, 0.15) is 19.8 Å². The van der Waals surface area contributed by atoms with Crippen LogP contribution in [-0.4, -0.2) is 74.9 Å². The molecule has 9 nitrogen and oxygen atoms in total. The lowest BCUT2D eigenvalue weighted by Crippen LogP contribution is -2.37. The normalized spacial score (nSPS) is 13.5. The summed E-state index contributed by atoms with van der Waals surface area (Å²) in [6.45, 7) is 4.46. The Morgan fingerprint density at radius 1 is 0.352 bits per heavy atom. The third kappa shape index (κ3) is 72.5. The molecule has 2 unspecified atom stereocenters. The second-order valence-corrected chi connectivity index (χ2v) is 28.1. The maximum absolute atomic E-state index is 12.9. The predicted molar refractivity (Wildman–Crippen MR) is 381 cm³/mol. The monoisotopic (exact) mass is 1260 g/mol. The van der Waals surface area contributed by atoms with Crippen LogP contribution in [0.4, 0.5) is 0 Å². The largest absolute Gasteiger partial charge is 0.472 e. The molecule has 0 aromatic heterocycles. The lowest BCUT2D eigenvalue weighted by molar-refractivity contribution is -0.870. The van der Waals surface area contributed by atoms with Crippen molar-refractivity contribution < 1.29 is 42.1 Å². The van der Waals surface area contributed by atoms with E-state index in [2.05, 4.69) is 86.8 Å². The first kappa shape index (κ1) is 85.5. The van der Waals surface area contributed by atoms with Gasteiger partial charge in [0.2, 0.25) is 0 Å². The number of rotatable bonds is 70. The molecule has 2 atom stereocenters. The fourth-order valence-electron chi connectivity index (χ4n) is 10.9. The van der Waals surface area contributed by atoms with Crippen LogP contribution in [-0.2, 0) is 32.7 Å². The minimum absolute atomic E-state index is 0.0319. The number of carbonyl (C=O) groups is 2. The molecule has 0 fully saturated rings. The van der Waals surface area contributed by atoms with Gasteiger partial charge < -0.3 is 18.9 Å². The van der Waals surface area contributed by atoms with E-state index >= 15 is 0 Å². The van der Waals surface area contributed by atoms with Gasteiger partial charge >= 0.3 is 19.8 Å². The number of likely N-dealkylation sites (N-methyl/N-ethyl adjacent to an activating group) is 1. The summed E-state index contributed by atoms with van der Waals surface area (Å²) in [5.41, 5.74) is 0. The number of carbonyl (C=O) groups excluding carboxylic acids is 2. The molecule has 0 amide bonds. The third-order valence-electron chi connectivity index (χ3n) is 16.7. The first-order valence-electron chi connectivity index (χ1n) is 37.7. The molecule has 0 bridgehead atoms. The van der Waals surface area contributed by atoms with Crippen molar-refractivity contribution in [2.45, 2.75) is 367 Å². The van der Waals surface area contributed by atoms with Crippen LogP contribution in [0.3, 0.4) is 0 Å². The van der Waals surface area contributed by atoms with Crippen LogP contribution < -0.4 is 0 Å². The van der Waals surface area contributed by atoms with E-state index in [0.29, 0.717) is 17.4 Å². The Labute approximate surface area is 546 Å². The number of nitrogens with zero attached hydrogens (tertiary/aromatic N) is 1. The first-order valence-corrected chi connectivity index (χ1v) is 39.2. The van der Waals surface area contributed by atoms with Crippen molar-refractivity contribution in [3.05, 3.63) is 72.9 Å². The van der Waals surface area contributed by atoms with Gasteiger partial charge in [-0.05, 0) is 89.9 Å². The van der Waals surface area contributed by atoms with Crippen molar-refractivity contribution in [2.24, 2.45) is 0 Å². The summed E-state index contributed by atoms with van der Waals surface area (Å²) in [6.07, 6.45) is 93.1. The molecule has 0 saturated carbocycles. The van der Waals surface area contributed by atoms with Crippen LogP contribution in [0.25, 0.3) is 0 Å². The third-order valence-corrected chi connectivity index (χ3v) is 17.7. The molecule has 1 N–H and O–H groups in total. The van der Waals surface area contributed by atoms with Crippen LogP contribution in [0.1, 0.15) is 361 Å². The van der Waals surface area contributed by atoms with Crippen molar-refractivity contribution >= 4 is 19.8 Å². The molecule has 0 rings (SSSR count). The molecule has 88 heavy (non-hydrogen) atoms. The molecule has 0 aliphatic rings. The Balaban J connectivity index is 3.99. The van der Waals surface area contributed by atoms with Gasteiger partial charge in [-0.25, -0.2) is 4.57 Å². The van der Waals surface area contributed by atoms with Crippen molar-refractivity contribution in [1.82, 2.24) is 0 Å². The van der Waals surface area contributed by atoms with Gasteiger partial charge in [-0.1, -0.05) is 331 Å². The fraction of sp³-hybridized carbons (Fsp3) is 0.821. The minimum atomic E-state index is -4.39. The highest BCUT2D eigenvalue weighted by molar-refractivity contribution is 7.47. The second-order valence-electron chi connectivity index (χ2n) is 26.7. The van der Waals surface area contributed by atoms with Crippen LogP contribution >= 0.6 is 7.82 Å². The van der Waals surface area contributed by atoms with E-state index in [4.69, 9.17) is 18.5 Å². The predicted octanol–water partition coefficient (Wildman–Crippen LogP) is 24.7. The van der Waals surface area contributed by atoms with Gasteiger partial charge in [0.15, 0.2) is 6.10 Å². The molecule has 0 aromatic carbocycles. The molecule has 0 radical (unpaired) electrons. The van der Waals surface area contributed by atoms with Gasteiger partial charge in [0.05, 0.1) is 27.7 Å². The fourth-order valence-corrected chi connectivity index (χ4v) is 11.7. The zero-order chi connectivity index (χ0) is 64.1. The molecule has 0 aromatic rings. The standard InChI is InChI=1S/C78H144NO8P/c1-6-8-10-12-14-16-18-20-22-24-26-28-30-32-34-36-38-39-41-43-45-47-49-51-53-55-57-59-61-63-65-67-69-71-78(81)87-76(75-86-88(82,83)85-73-72-79(3,4)5)74-84-77(80)70-68-66-64-62-60-58-56-54-52-50-48-46-44-42-40-37-35-33-31-29-27-25-23-21-19-17-15-13-11-9-7-2/h18-21,24-27,30-33,76H,6-17,22-23,28-29,34-75H2,1-5H3/p+1/b20-18-,21-19-,26-24-,27-25-,32-30-,33-31-. The van der Waals surface area contributed by atoms with Crippen LogP contribution in [0.2, 0.25) is 0 Å². The number of unbranched alkanes of at least 4 members (excludes halogenated alkanes) is 44. The van der Waals surface area contributed by atoms with Gasteiger partial charge in [0, 0.05) is 12.8 Å². The number of allylic oxidation sites excluding steroid dienone is 12. The summed E-state index contributed by atoms with van der Waals surface area (Å²) in [4.78, 5) is 35.9. The Morgan fingerprint density at radius 2 is 0.614 bits per heavy atom. The maximum Gasteiger partial charge on any atom is 0.472 e. The number of quaternary nitrogens is 1. The van der Waals surface area contributed by atoms with Crippen molar-refractivity contribution in [3.63, 3.8) is 0 Å². The summed E-state index contributed by atoms with van der Waals surface area (Å²) in [5.74, 6) is -0.782. The lowest BCUT2D eigenvalue weighted by atomic mass is 10.0. The molecule has 10 heteroatoms. The number of phosphoric ester groups is 1. The molecule has 0 heterocycles. The molecular weight excluding hydrogens is 1110 g/mol. The van der Waals surface area contributed by atoms with Crippen LogP contribution in [0.5, 0.6) is 0 Å². The number of hydrogen-bond acceptors (Lipinski definition) is 7. The van der Waals surface area contributed by atoms with Crippen molar-refractivity contribution in [1.29, 1.82) is 0 Å². The zero-order valence-corrected chi connectivity index (χ0v) is 59.6. The Hall–Kier alpha value is -2.55. The van der Waals surface area contributed by atoms with E-state index in [0.717, 1.165) is 57.8 Å². The van der Waals surface area contributed by atoms with Gasteiger partial charge in [-0.15, -0.1) is 0 Å². The number of hydrogen-bond donors (Lipinski definition) is 1. The quantitative estimate of drug-likeness (QED) is 0.0211. The van der Waals surface area contributed by atoms with Crippen molar-refractivity contribution in [3.8, 4) is 0 Å². The van der Waals surface area contributed by atoms with E-state index < -0.39 is 26.5 Å². The number of phosphoric acid groups is 1. The maximum atomic E-state index is 12.9. The zero-order valence-electron chi connectivity index (χ0n) is 58.7.